The van der Waals surface area contributed by atoms with Gasteiger partial charge in [-0.2, -0.15) is 5.10 Å². The van der Waals surface area contributed by atoms with Crippen LogP contribution in [0.3, 0.4) is 0 Å². The van der Waals surface area contributed by atoms with Gasteiger partial charge in [-0.15, -0.1) is 0 Å². The van der Waals surface area contributed by atoms with Crippen molar-refractivity contribution in [2.45, 2.75) is 43.0 Å². The van der Waals surface area contributed by atoms with E-state index in [-0.39, 0.29) is 11.4 Å². The van der Waals surface area contributed by atoms with Crippen LogP contribution in [0.5, 0.6) is 0 Å². The number of halogens is 2. The van der Waals surface area contributed by atoms with E-state index in [1.54, 1.807) is 18.3 Å². The molecular weight excluding hydrogens is 437 g/mol. The van der Waals surface area contributed by atoms with Crippen LogP contribution < -0.4 is 0 Å². The molecule has 0 saturated heterocycles. The van der Waals surface area contributed by atoms with Crippen molar-refractivity contribution >= 4 is 40.2 Å². The molecule has 2 heterocycles. The summed E-state index contributed by atoms with van der Waals surface area (Å²) in [6.45, 7) is 4.79. The highest BCUT2D eigenvalue weighted by Crippen LogP contribution is 2.41. The van der Waals surface area contributed by atoms with Crippen LogP contribution >= 0.6 is 23.4 Å². The molecule has 0 bridgehead atoms. The number of carboxylic acids is 1. The third kappa shape index (κ3) is 4.20. The zero-order valence-corrected chi connectivity index (χ0v) is 18.7. The Balaban J connectivity index is 1.86. The van der Waals surface area contributed by atoms with Crippen molar-refractivity contribution in [3.05, 3.63) is 70.9 Å². The molecule has 8 heteroatoms. The fourth-order valence-electron chi connectivity index (χ4n) is 3.69. The van der Waals surface area contributed by atoms with Gasteiger partial charge in [-0.1, -0.05) is 42.4 Å². The predicted molar refractivity (Wildman–Crippen MR) is 121 cm³/mol. The quantitative estimate of drug-likeness (QED) is 0.363. The molecule has 31 heavy (non-hydrogen) atoms. The van der Waals surface area contributed by atoms with E-state index in [0.29, 0.717) is 11.1 Å². The number of carbonyl (C=O) groups is 1. The second kappa shape index (κ2) is 8.77. The second-order valence-corrected chi connectivity index (χ2v) is 8.78. The Morgan fingerprint density at radius 1 is 1.29 bits per heavy atom. The van der Waals surface area contributed by atoms with E-state index in [2.05, 4.69) is 12.0 Å². The first-order valence-corrected chi connectivity index (χ1v) is 11.1. The standard InChI is InChI=1S/C23H21ClFN3O2S/c1-3-9-27-13-16(12-26-27)28-14(2)23(18-7-8-19(24)21(25)22(18)28)31-17-6-4-5-15(10-17)11-20(29)30/h4-8,10,12-13H,3,9,11H2,1-2H3,(H,29,30). The molecule has 0 spiro atoms. The Bertz CT molecular complexity index is 1280. The van der Waals surface area contributed by atoms with E-state index in [1.165, 1.54) is 11.8 Å². The number of fused-ring (bicyclic) bond motifs is 1. The molecule has 160 valence electrons. The predicted octanol–water partition coefficient (Wildman–Crippen LogP) is 6.12. The first-order valence-electron chi connectivity index (χ1n) is 9.89. The molecule has 5 nitrogen and oxygen atoms in total. The van der Waals surface area contributed by atoms with Gasteiger partial charge in [0.15, 0.2) is 5.82 Å². The lowest BCUT2D eigenvalue weighted by Gasteiger charge is -2.07. The van der Waals surface area contributed by atoms with Crippen molar-refractivity contribution in [1.29, 1.82) is 0 Å². The first-order chi connectivity index (χ1) is 14.9. The summed E-state index contributed by atoms with van der Waals surface area (Å²) in [5.41, 5.74) is 2.75. The minimum atomic E-state index is -0.879. The minimum Gasteiger partial charge on any atom is -0.481 e. The molecule has 2 aromatic heterocycles. The van der Waals surface area contributed by atoms with Crippen LogP contribution in [0.2, 0.25) is 5.02 Å². The van der Waals surface area contributed by atoms with Gasteiger partial charge >= 0.3 is 5.97 Å². The van der Waals surface area contributed by atoms with Crippen LogP contribution in [-0.2, 0) is 17.8 Å². The monoisotopic (exact) mass is 457 g/mol. The molecule has 1 N–H and O–H groups in total. The lowest BCUT2D eigenvalue weighted by atomic mass is 10.2. The Labute approximate surface area is 188 Å². The van der Waals surface area contributed by atoms with Crippen LogP contribution in [0, 0.1) is 12.7 Å². The summed E-state index contributed by atoms with van der Waals surface area (Å²) in [5.74, 6) is -1.35. The number of rotatable bonds is 7. The Morgan fingerprint density at radius 3 is 2.84 bits per heavy atom. The van der Waals surface area contributed by atoms with Crippen molar-refractivity contribution in [3.63, 3.8) is 0 Å². The molecule has 0 aliphatic carbocycles. The summed E-state index contributed by atoms with van der Waals surface area (Å²) < 4.78 is 18.9. The van der Waals surface area contributed by atoms with Gasteiger partial charge in [-0.25, -0.2) is 4.39 Å². The van der Waals surface area contributed by atoms with Gasteiger partial charge in [0.1, 0.15) is 0 Å². The zero-order valence-electron chi connectivity index (χ0n) is 17.1. The Kier molecular flexibility index (Phi) is 6.07. The van der Waals surface area contributed by atoms with E-state index in [0.717, 1.165) is 39.5 Å². The number of aryl methyl sites for hydroxylation is 1. The molecule has 0 aliphatic heterocycles. The van der Waals surface area contributed by atoms with Gasteiger partial charge in [0, 0.05) is 33.6 Å². The highest BCUT2D eigenvalue weighted by Gasteiger charge is 2.22. The average Bonchev–Trinajstić information content (AvgIpc) is 3.28. The largest absolute Gasteiger partial charge is 0.481 e. The van der Waals surface area contributed by atoms with Gasteiger partial charge < -0.3 is 9.67 Å². The summed E-state index contributed by atoms with van der Waals surface area (Å²) in [4.78, 5) is 12.9. The summed E-state index contributed by atoms with van der Waals surface area (Å²) in [7, 11) is 0. The molecule has 4 aromatic rings. The maximum atomic E-state index is 15.2. The Morgan fingerprint density at radius 2 is 2.10 bits per heavy atom. The summed E-state index contributed by atoms with van der Waals surface area (Å²) in [6.07, 6.45) is 4.53. The normalized spacial score (nSPS) is 11.4. The van der Waals surface area contributed by atoms with Crippen molar-refractivity contribution in [2.24, 2.45) is 0 Å². The van der Waals surface area contributed by atoms with Crippen LogP contribution in [0.15, 0.2) is 58.6 Å². The van der Waals surface area contributed by atoms with Crippen LogP contribution in [0.4, 0.5) is 4.39 Å². The van der Waals surface area contributed by atoms with E-state index in [4.69, 9.17) is 16.7 Å². The van der Waals surface area contributed by atoms with Gasteiger partial charge in [0.05, 0.1) is 28.8 Å². The molecule has 2 aromatic carbocycles. The molecule has 4 rings (SSSR count). The van der Waals surface area contributed by atoms with E-state index < -0.39 is 11.8 Å². The molecule has 0 unspecified atom stereocenters. The number of benzene rings is 2. The molecule has 0 saturated carbocycles. The smallest absolute Gasteiger partial charge is 0.307 e. The highest BCUT2D eigenvalue weighted by molar-refractivity contribution is 7.99. The lowest BCUT2D eigenvalue weighted by molar-refractivity contribution is -0.136. The summed E-state index contributed by atoms with van der Waals surface area (Å²) in [6, 6.07) is 10.8. The lowest BCUT2D eigenvalue weighted by Crippen LogP contribution is -1.99. The first kappa shape index (κ1) is 21.5. The van der Waals surface area contributed by atoms with Crippen molar-refractivity contribution in [2.75, 3.05) is 0 Å². The van der Waals surface area contributed by atoms with E-state index in [1.807, 2.05) is 46.6 Å². The average molecular weight is 458 g/mol. The SMILES string of the molecule is CCCn1cc(-n2c(C)c(Sc3cccc(CC(=O)O)c3)c3ccc(Cl)c(F)c32)cn1. The molecule has 0 radical (unpaired) electrons. The van der Waals surface area contributed by atoms with Crippen molar-refractivity contribution < 1.29 is 14.3 Å². The number of hydrogen-bond donors (Lipinski definition) is 1. The minimum absolute atomic E-state index is 0.0456. The topological polar surface area (TPSA) is 60.0 Å². The van der Waals surface area contributed by atoms with E-state index in [9.17, 15) is 4.79 Å². The number of hydrogen-bond acceptors (Lipinski definition) is 3. The molecule has 0 fully saturated rings. The fraction of sp³-hybridized carbons (Fsp3) is 0.217. The van der Waals surface area contributed by atoms with E-state index >= 15 is 4.39 Å². The number of aliphatic carboxylic acids is 1. The third-order valence-corrected chi connectivity index (χ3v) is 6.51. The summed E-state index contributed by atoms with van der Waals surface area (Å²) >= 11 is 7.60. The number of aromatic nitrogens is 3. The second-order valence-electron chi connectivity index (χ2n) is 7.29. The molecule has 0 aliphatic rings. The molecule has 0 amide bonds. The van der Waals surface area contributed by atoms with Crippen molar-refractivity contribution in [1.82, 2.24) is 14.3 Å². The van der Waals surface area contributed by atoms with Crippen LogP contribution in [-0.4, -0.2) is 25.4 Å². The van der Waals surface area contributed by atoms with Crippen LogP contribution in [0.1, 0.15) is 24.6 Å². The maximum absolute atomic E-state index is 15.2. The van der Waals surface area contributed by atoms with Crippen molar-refractivity contribution in [3.8, 4) is 5.69 Å². The third-order valence-electron chi connectivity index (χ3n) is 5.01. The van der Waals surface area contributed by atoms with Gasteiger partial charge in [-0.05, 0) is 43.2 Å². The maximum Gasteiger partial charge on any atom is 0.307 e. The van der Waals surface area contributed by atoms with Crippen LogP contribution in [0.25, 0.3) is 16.6 Å². The molecule has 0 atom stereocenters. The van der Waals surface area contributed by atoms with Gasteiger partial charge in [-0.3, -0.25) is 9.48 Å². The van der Waals surface area contributed by atoms with Gasteiger partial charge in [0.2, 0.25) is 0 Å². The van der Waals surface area contributed by atoms with Gasteiger partial charge in [0.25, 0.3) is 0 Å². The highest BCUT2D eigenvalue weighted by atomic mass is 35.5. The molecular formula is C23H21ClFN3O2S. The summed E-state index contributed by atoms with van der Waals surface area (Å²) in [5, 5.41) is 14.3. The number of carboxylic acid groups (broad SMARTS) is 1. The Hall–Kier alpha value is -2.77. The zero-order chi connectivity index (χ0) is 22.1. The fourth-order valence-corrected chi connectivity index (χ4v) is 4.95. The number of nitrogens with zero attached hydrogens (tertiary/aromatic N) is 3.